The Hall–Kier alpha value is -2.01. The lowest BCUT2D eigenvalue weighted by Gasteiger charge is -2.04. The first-order chi connectivity index (χ1) is 9.74. The minimum Gasteiger partial charge on any atom is -0.507 e. The SMILES string of the molecule is Oc1cc2c(cc1Br)[nH]c1c(C3=CCCN3)nccc12. The van der Waals surface area contributed by atoms with Crippen LogP contribution in [-0.2, 0) is 0 Å². The van der Waals surface area contributed by atoms with Crippen molar-refractivity contribution in [3.05, 3.63) is 40.6 Å². The van der Waals surface area contributed by atoms with Crippen LogP contribution < -0.4 is 5.32 Å². The highest BCUT2D eigenvalue weighted by Gasteiger charge is 2.15. The monoisotopic (exact) mass is 329 g/mol. The number of rotatable bonds is 1. The van der Waals surface area contributed by atoms with Crippen molar-refractivity contribution in [3.8, 4) is 5.75 Å². The van der Waals surface area contributed by atoms with Crippen LogP contribution in [0.4, 0.5) is 0 Å². The van der Waals surface area contributed by atoms with Gasteiger partial charge in [-0.05, 0) is 40.5 Å². The molecule has 0 radical (unpaired) electrons. The third-order valence-electron chi connectivity index (χ3n) is 3.65. The molecule has 0 aliphatic carbocycles. The van der Waals surface area contributed by atoms with E-state index in [2.05, 4.69) is 37.3 Å². The maximum Gasteiger partial charge on any atom is 0.130 e. The highest BCUT2D eigenvalue weighted by atomic mass is 79.9. The summed E-state index contributed by atoms with van der Waals surface area (Å²) in [6, 6.07) is 5.64. The molecule has 2 aromatic heterocycles. The molecule has 0 spiro atoms. The first kappa shape index (κ1) is 11.8. The van der Waals surface area contributed by atoms with Crippen LogP contribution in [0.3, 0.4) is 0 Å². The normalized spacial score (nSPS) is 14.8. The third-order valence-corrected chi connectivity index (χ3v) is 4.29. The Balaban J connectivity index is 2.08. The molecular formula is C15H12BrN3O. The summed E-state index contributed by atoms with van der Waals surface area (Å²) < 4.78 is 0.685. The van der Waals surface area contributed by atoms with Crippen LogP contribution >= 0.6 is 15.9 Å². The van der Waals surface area contributed by atoms with Gasteiger partial charge in [0.05, 0.1) is 15.7 Å². The molecule has 0 unspecified atom stereocenters. The molecule has 0 fully saturated rings. The Morgan fingerprint density at radius 3 is 2.95 bits per heavy atom. The lowest BCUT2D eigenvalue weighted by molar-refractivity contribution is 0.473. The average Bonchev–Trinajstić information content (AvgIpc) is 3.07. The Bertz CT molecular complexity index is 866. The van der Waals surface area contributed by atoms with Crippen LogP contribution in [0, 0.1) is 0 Å². The van der Waals surface area contributed by atoms with Gasteiger partial charge in [-0.25, -0.2) is 0 Å². The summed E-state index contributed by atoms with van der Waals surface area (Å²) in [5.41, 5.74) is 4.00. The van der Waals surface area contributed by atoms with Crippen molar-refractivity contribution in [1.82, 2.24) is 15.3 Å². The Kier molecular flexibility index (Phi) is 2.50. The van der Waals surface area contributed by atoms with Gasteiger partial charge >= 0.3 is 0 Å². The third kappa shape index (κ3) is 1.63. The fourth-order valence-electron chi connectivity index (χ4n) is 2.72. The van der Waals surface area contributed by atoms with E-state index in [-0.39, 0.29) is 5.75 Å². The summed E-state index contributed by atoms with van der Waals surface area (Å²) >= 11 is 3.35. The molecule has 0 saturated heterocycles. The van der Waals surface area contributed by atoms with Crippen molar-refractivity contribution >= 4 is 43.4 Å². The van der Waals surface area contributed by atoms with E-state index in [1.54, 1.807) is 6.07 Å². The maximum absolute atomic E-state index is 9.88. The van der Waals surface area contributed by atoms with Crippen LogP contribution in [0.1, 0.15) is 12.1 Å². The van der Waals surface area contributed by atoms with E-state index in [0.29, 0.717) is 4.47 Å². The number of aromatic amines is 1. The van der Waals surface area contributed by atoms with Gasteiger partial charge in [-0.3, -0.25) is 4.98 Å². The Morgan fingerprint density at radius 2 is 2.15 bits per heavy atom. The number of halogens is 1. The van der Waals surface area contributed by atoms with E-state index in [9.17, 15) is 5.11 Å². The van der Waals surface area contributed by atoms with Crippen molar-refractivity contribution in [3.63, 3.8) is 0 Å². The van der Waals surface area contributed by atoms with Gasteiger partial charge in [-0.15, -0.1) is 0 Å². The van der Waals surface area contributed by atoms with Crippen LogP contribution in [0.15, 0.2) is 34.9 Å². The summed E-state index contributed by atoms with van der Waals surface area (Å²) in [5, 5.41) is 15.3. The highest BCUT2D eigenvalue weighted by molar-refractivity contribution is 9.10. The minimum absolute atomic E-state index is 0.245. The molecule has 0 bridgehead atoms. The van der Waals surface area contributed by atoms with Crippen LogP contribution in [-0.4, -0.2) is 21.6 Å². The van der Waals surface area contributed by atoms with E-state index < -0.39 is 0 Å². The largest absolute Gasteiger partial charge is 0.507 e. The number of nitrogens with zero attached hydrogens (tertiary/aromatic N) is 1. The zero-order valence-electron chi connectivity index (χ0n) is 10.6. The van der Waals surface area contributed by atoms with E-state index in [1.165, 1.54) is 0 Å². The summed E-state index contributed by atoms with van der Waals surface area (Å²) in [6.45, 7) is 0.958. The number of pyridine rings is 1. The topological polar surface area (TPSA) is 60.9 Å². The van der Waals surface area contributed by atoms with Gasteiger partial charge in [0.15, 0.2) is 0 Å². The van der Waals surface area contributed by atoms with Crippen molar-refractivity contribution in [1.29, 1.82) is 0 Å². The standard InChI is InChI=1S/C15H12BrN3O/c16-10-7-12-9(6-13(10)20)8-3-5-18-15(14(8)19-12)11-2-1-4-17-11/h2-3,5-7,17,19-20H,1,4H2. The van der Waals surface area contributed by atoms with Crippen molar-refractivity contribution in [2.75, 3.05) is 6.54 Å². The zero-order valence-corrected chi connectivity index (χ0v) is 12.2. The molecule has 0 amide bonds. The number of benzene rings is 1. The van der Waals surface area contributed by atoms with Crippen molar-refractivity contribution in [2.24, 2.45) is 0 Å². The number of hydrogen-bond acceptors (Lipinski definition) is 3. The van der Waals surface area contributed by atoms with Crippen molar-refractivity contribution < 1.29 is 5.11 Å². The van der Waals surface area contributed by atoms with Gasteiger partial charge < -0.3 is 15.4 Å². The number of aromatic hydroxyl groups is 1. The number of hydrogen-bond donors (Lipinski definition) is 3. The molecule has 4 rings (SSSR count). The number of nitrogens with one attached hydrogen (secondary N) is 2. The fourth-order valence-corrected chi connectivity index (χ4v) is 3.06. The van der Waals surface area contributed by atoms with E-state index in [1.807, 2.05) is 18.3 Å². The van der Waals surface area contributed by atoms with Gasteiger partial charge in [0, 0.05) is 29.0 Å². The molecule has 3 N–H and O–H groups in total. The fraction of sp³-hybridized carbons (Fsp3) is 0.133. The Labute approximate surface area is 123 Å². The molecule has 20 heavy (non-hydrogen) atoms. The zero-order chi connectivity index (χ0) is 13.7. The molecular weight excluding hydrogens is 318 g/mol. The second-order valence-electron chi connectivity index (χ2n) is 4.89. The van der Waals surface area contributed by atoms with Gasteiger partial charge in [0.2, 0.25) is 0 Å². The van der Waals surface area contributed by atoms with Crippen molar-refractivity contribution in [2.45, 2.75) is 6.42 Å². The van der Waals surface area contributed by atoms with Crippen LogP contribution in [0.5, 0.6) is 5.75 Å². The molecule has 4 nitrogen and oxygen atoms in total. The second-order valence-corrected chi connectivity index (χ2v) is 5.74. The molecule has 3 aromatic rings. The molecule has 0 saturated carbocycles. The minimum atomic E-state index is 0.245. The first-order valence-electron chi connectivity index (χ1n) is 6.47. The lowest BCUT2D eigenvalue weighted by Crippen LogP contribution is -2.07. The number of H-pyrrole nitrogens is 1. The number of fused-ring (bicyclic) bond motifs is 3. The predicted octanol–water partition coefficient (Wildman–Crippen LogP) is 3.52. The molecule has 0 atom stereocenters. The smallest absolute Gasteiger partial charge is 0.130 e. The summed E-state index contributed by atoms with van der Waals surface area (Å²) in [4.78, 5) is 7.90. The molecule has 1 aromatic carbocycles. The van der Waals surface area contributed by atoms with Crippen LogP contribution in [0.25, 0.3) is 27.5 Å². The summed E-state index contributed by atoms with van der Waals surface area (Å²) in [6.07, 6.45) is 5.01. The molecule has 3 heterocycles. The number of phenols is 1. The van der Waals surface area contributed by atoms with E-state index in [4.69, 9.17) is 0 Å². The molecule has 100 valence electrons. The maximum atomic E-state index is 9.88. The number of phenolic OH excluding ortho intramolecular Hbond substituents is 1. The highest BCUT2D eigenvalue weighted by Crippen LogP contribution is 2.35. The average molecular weight is 330 g/mol. The van der Waals surface area contributed by atoms with Crippen LogP contribution in [0.2, 0.25) is 0 Å². The number of aromatic nitrogens is 2. The van der Waals surface area contributed by atoms with Gasteiger partial charge in [-0.2, -0.15) is 0 Å². The predicted molar refractivity (Wildman–Crippen MR) is 83.6 cm³/mol. The Morgan fingerprint density at radius 1 is 1.25 bits per heavy atom. The quantitative estimate of drug-likeness (QED) is 0.640. The van der Waals surface area contributed by atoms with Gasteiger partial charge in [-0.1, -0.05) is 6.08 Å². The molecule has 5 heteroatoms. The van der Waals surface area contributed by atoms with Gasteiger partial charge in [0.25, 0.3) is 0 Å². The molecule has 1 aliphatic rings. The first-order valence-corrected chi connectivity index (χ1v) is 7.26. The summed E-state index contributed by atoms with van der Waals surface area (Å²) in [7, 11) is 0. The second kappa shape index (κ2) is 4.24. The van der Waals surface area contributed by atoms with E-state index >= 15 is 0 Å². The van der Waals surface area contributed by atoms with E-state index in [0.717, 1.165) is 46.2 Å². The lowest BCUT2D eigenvalue weighted by atomic mass is 10.1. The molecule has 1 aliphatic heterocycles. The van der Waals surface area contributed by atoms with Gasteiger partial charge in [0.1, 0.15) is 11.4 Å². The summed E-state index contributed by atoms with van der Waals surface area (Å²) in [5.74, 6) is 0.245.